The molecule has 0 spiro atoms. The average Bonchev–Trinajstić information content (AvgIpc) is 2.97. The van der Waals surface area contributed by atoms with Gasteiger partial charge in [0.05, 0.1) is 0 Å². The molecule has 0 amide bonds. The summed E-state index contributed by atoms with van der Waals surface area (Å²) in [4.78, 5) is 0. The molecule has 0 aliphatic heterocycles. The SMILES string of the molecule is CC(C)c1cc(C(C)C)[c]([Sn]=[Sn]([c]2c(C(C)C)cc(C(C)C)cc2C(C)C)[c]2c(C(C)C)cc(C(C)C)cc2C(C)C)c(C(C)C)c1. The van der Waals surface area contributed by atoms with Crippen molar-refractivity contribution >= 4 is 42.5 Å². The zero-order chi connectivity index (χ0) is 35.7. The molecule has 0 nitrogen and oxygen atoms in total. The molecule has 257 valence electrons. The molecule has 0 atom stereocenters. The van der Waals surface area contributed by atoms with Gasteiger partial charge in [0.2, 0.25) is 0 Å². The molecule has 1 radical (unpaired) electrons. The molecule has 0 bridgehead atoms. The molecule has 0 aromatic heterocycles. The van der Waals surface area contributed by atoms with Crippen LogP contribution in [0.4, 0.5) is 0 Å². The van der Waals surface area contributed by atoms with Crippen LogP contribution >= 0.6 is 0 Å². The van der Waals surface area contributed by atoms with Crippen LogP contribution in [0.3, 0.4) is 0 Å². The van der Waals surface area contributed by atoms with Crippen molar-refractivity contribution < 1.29 is 0 Å². The number of hydrogen-bond acceptors (Lipinski definition) is 0. The van der Waals surface area contributed by atoms with E-state index in [-0.39, 0.29) is 0 Å². The van der Waals surface area contributed by atoms with Crippen molar-refractivity contribution in [2.75, 3.05) is 0 Å². The summed E-state index contributed by atoms with van der Waals surface area (Å²) in [5.74, 6) is 4.80. The first-order valence-electron chi connectivity index (χ1n) is 19.0. The van der Waals surface area contributed by atoms with Gasteiger partial charge in [-0.15, -0.1) is 0 Å². The van der Waals surface area contributed by atoms with Gasteiger partial charge in [0, 0.05) is 0 Å². The van der Waals surface area contributed by atoms with E-state index in [9.17, 15) is 0 Å². The van der Waals surface area contributed by atoms with Crippen LogP contribution in [0.1, 0.15) is 228 Å². The van der Waals surface area contributed by atoms with Crippen LogP contribution in [-0.4, -0.2) is 31.7 Å². The molecule has 47 heavy (non-hydrogen) atoms. The van der Waals surface area contributed by atoms with Crippen LogP contribution < -0.4 is 10.7 Å². The molecule has 3 aromatic rings. The van der Waals surface area contributed by atoms with Gasteiger partial charge < -0.3 is 0 Å². The van der Waals surface area contributed by atoms with Gasteiger partial charge in [-0.3, -0.25) is 0 Å². The quantitative estimate of drug-likeness (QED) is 0.159. The molecule has 2 heteroatoms. The summed E-state index contributed by atoms with van der Waals surface area (Å²) in [5, 5.41) is 0. The first-order chi connectivity index (χ1) is 21.8. The fourth-order valence-electron chi connectivity index (χ4n) is 6.96. The summed E-state index contributed by atoms with van der Waals surface area (Å²) in [6, 6.07) is 15.9. The fourth-order valence-corrected chi connectivity index (χ4v) is 45.6. The molecule has 3 aromatic carbocycles. The van der Waals surface area contributed by atoms with E-state index in [0.717, 1.165) is 0 Å². The zero-order valence-electron chi connectivity index (χ0n) is 33.7. The summed E-state index contributed by atoms with van der Waals surface area (Å²) in [7, 11) is 0. The van der Waals surface area contributed by atoms with Crippen LogP contribution in [0.25, 0.3) is 0 Å². The van der Waals surface area contributed by atoms with Gasteiger partial charge in [0.25, 0.3) is 0 Å². The summed E-state index contributed by atoms with van der Waals surface area (Å²) in [6.07, 6.45) is 0. The topological polar surface area (TPSA) is 0 Å². The van der Waals surface area contributed by atoms with Crippen molar-refractivity contribution in [3.05, 3.63) is 86.5 Å². The number of rotatable bonds is 12. The second kappa shape index (κ2) is 17.0. The normalized spacial score (nSPS) is 12.5. The van der Waals surface area contributed by atoms with Gasteiger partial charge >= 0.3 is 307 Å². The predicted octanol–water partition coefficient (Wildman–Crippen LogP) is 11.9. The Balaban J connectivity index is 2.81. The number of hydrogen-bond donors (Lipinski definition) is 0. The molecule has 3 rings (SSSR count). The van der Waals surface area contributed by atoms with Crippen molar-refractivity contribution in [1.29, 1.82) is 0 Å². The van der Waals surface area contributed by atoms with Gasteiger partial charge in [0.1, 0.15) is 0 Å². The van der Waals surface area contributed by atoms with Crippen LogP contribution in [0.2, 0.25) is 0 Å². The Bertz CT molecular complexity index is 1390. The van der Waals surface area contributed by atoms with Crippen LogP contribution in [0.5, 0.6) is 0 Å². The van der Waals surface area contributed by atoms with Crippen LogP contribution in [0.15, 0.2) is 36.4 Å². The number of benzene rings is 3. The van der Waals surface area contributed by atoms with E-state index in [0.29, 0.717) is 53.3 Å². The summed E-state index contributed by atoms with van der Waals surface area (Å²) in [6.45, 7) is 44.0. The summed E-state index contributed by atoms with van der Waals surface area (Å²) in [5.41, 5.74) is 14.7. The Morgan fingerprint density at radius 1 is 0.319 bits per heavy atom. The molecule has 0 saturated heterocycles. The van der Waals surface area contributed by atoms with Gasteiger partial charge in [-0.05, 0) is 0 Å². The Morgan fingerprint density at radius 3 is 0.723 bits per heavy atom. The molecule has 0 aliphatic carbocycles. The van der Waals surface area contributed by atoms with E-state index < -0.39 is 31.7 Å². The Morgan fingerprint density at radius 2 is 0.532 bits per heavy atom. The second-order valence-electron chi connectivity index (χ2n) is 17.1. The standard InChI is InChI=1S/3C15H23.2Sn/c3*1-10(2)13-7-14(11(3)4)9-15(8-13)12(5)6;;/h3*7-8,10-12H,1-6H3;;. The van der Waals surface area contributed by atoms with Crippen molar-refractivity contribution in [2.24, 2.45) is 0 Å². The third-order valence-corrected chi connectivity index (χ3v) is 38.5. The Kier molecular flexibility index (Phi) is 14.7. The first kappa shape index (κ1) is 40.7. The van der Waals surface area contributed by atoms with Crippen molar-refractivity contribution in [3.63, 3.8) is 0 Å². The first-order valence-corrected chi connectivity index (χ1v) is 34.2. The third-order valence-electron chi connectivity index (χ3n) is 10.1. The molecular weight excluding hydrogens is 778 g/mol. The Labute approximate surface area is 304 Å². The minimum absolute atomic E-state index is 0.522. The van der Waals surface area contributed by atoms with Gasteiger partial charge in [-0.25, -0.2) is 0 Å². The van der Waals surface area contributed by atoms with E-state index in [2.05, 4.69) is 161 Å². The molecule has 0 saturated carbocycles. The minimum atomic E-state index is -2.55. The predicted molar refractivity (Wildman–Crippen MR) is 217 cm³/mol. The van der Waals surface area contributed by atoms with Gasteiger partial charge in [0.15, 0.2) is 0 Å². The molecule has 0 unspecified atom stereocenters. The molecule has 0 heterocycles. The fraction of sp³-hybridized carbons (Fsp3) is 0.600. The van der Waals surface area contributed by atoms with E-state index >= 15 is 0 Å². The zero-order valence-corrected chi connectivity index (χ0v) is 39.4. The third kappa shape index (κ3) is 9.33. The maximum absolute atomic E-state index is 2.66. The second-order valence-corrected chi connectivity index (χ2v) is 38.6. The van der Waals surface area contributed by atoms with Crippen LogP contribution in [-0.2, 0) is 0 Å². The van der Waals surface area contributed by atoms with Crippen molar-refractivity contribution in [3.8, 4) is 0 Å². The molecule has 0 aliphatic rings. The van der Waals surface area contributed by atoms with E-state index in [1.54, 1.807) is 33.4 Å². The monoisotopic (exact) mass is 849 g/mol. The molecule has 0 N–H and O–H groups in total. The van der Waals surface area contributed by atoms with Gasteiger partial charge in [-0.2, -0.15) is 0 Å². The Hall–Kier alpha value is -0.743. The van der Waals surface area contributed by atoms with E-state index in [1.807, 2.05) is 10.7 Å². The van der Waals surface area contributed by atoms with E-state index in [4.69, 9.17) is 0 Å². The maximum atomic E-state index is 2.66. The van der Waals surface area contributed by atoms with Crippen molar-refractivity contribution in [1.82, 2.24) is 0 Å². The molecular formula is C45H69Sn2. The summed E-state index contributed by atoms with van der Waals surface area (Å²) >= 11 is -3.64. The molecule has 0 fully saturated rings. The van der Waals surface area contributed by atoms with Gasteiger partial charge in [-0.1, -0.05) is 0 Å². The average molecular weight is 847 g/mol. The van der Waals surface area contributed by atoms with Crippen molar-refractivity contribution in [2.45, 2.75) is 178 Å². The van der Waals surface area contributed by atoms with E-state index in [1.165, 1.54) is 16.7 Å². The summed E-state index contributed by atoms with van der Waals surface area (Å²) < 4.78 is 5.62. The van der Waals surface area contributed by atoms with Crippen LogP contribution in [0, 0.1) is 0 Å².